The highest BCUT2D eigenvalue weighted by Crippen LogP contribution is 2.25. The summed E-state index contributed by atoms with van der Waals surface area (Å²) in [5.41, 5.74) is 3.31. The topological polar surface area (TPSA) is 53.1 Å². The van der Waals surface area contributed by atoms with E-state index in [0.717, 1.165) is 42.8 Å². The van der Waals surface area contributed by atoms with Gasteiger partial charge in [0.05, 0.1) is 0 Å². The van der Waals surface area contributed by atoms with Gasteiger partial charge in [0, 0.05) is 42.8 Å². The standard InChI is InChI=1S/C21H31N5/c1-15(2)14-22-21-23-17(4)13-20(25-21)24-18-5-7-19(8-6-18)26-11-9-16(3)10-12-26/h5-8,13,15-16H,9-12,14H2,1-4H3,(H2,22,23,24,25). The van der Waals surface area contributed by atoms with Crippen LogP contribution in [0, 0.1) is 18.8 Å². The maximum absolute atomic E-state index is 4.58. The van der Waals surface area contributed by atoms with Crippen LogP contribution < -0.4 is 15.5 Å². The molecule has 5 heteroatoms. The Balaban J connectivity index is 1.65. The van der Waals surface area contributed by atoms with E-state index in [2.05, 4.69) is 70.5 Å². The normalized spacial score (nSPS) is 15.3. The lowest BCUT2D eigenvalue weighted by atomic mass is 9.99. The number of nitrogens with zero attached hydrogens (tertiary/aromatic N) is 3. The van der Waals surface area contributed by atoms with Crippen molar-refractivity contribution in [3.63, 3.8) is 0 Å². The molecule has 0 saturated carbocycles. The zero-order valence-corrected chi connectivity index (χ0v) is 16.4. The fourth-order valence-electron chi connectivity index (χ4n) is 3.18. The number of piperidine rings is 1. The lowest BCUT2D eigenvalue weighted by molar-refractivity contribution is 0.438. The lowest BCUT2D eigenvalue weighted by Gasteiger charge is -2.32. The van der Waals surface area contributed by atoms with E-state index in [1.54, 1.807) is 0 Å². The van der Waals surface area contributed by atoms with Gasteiger partial charge in [-0.25, -0.2) is 4.98 Å². The SMILES string of the molecule is Cc1cc(Nc2ccc(N3CCC(C)CC3)cc2)nc(NCC(C)C)n1. The molecule has 1 aliphatic heterocycles. The second kappa shape index (κ2) is 8.39. The third-order valence-corrected chi connectivity index (χ3v) is 4.81. The Hall–Kier alpha value is -2.30. The minimum absolute atomic E-state index is 0.556. The van der Waals surface area contributed by atoms with Crippen LogP contribution in [0.15, 0.2) is 30.3 Å². The summed E-state index contributed by atoms with van der Waals surface area (Å²) in [6.07, 6.45) is 2.57. The highest BCUT2D eigenvalue weighted by Gasteiger charge is 2.15. The largest absolute Gasteiger partial charge is 0.372 e. The number of anilines is 4. The van der Waals surface area contributed by atoms with Crippen LogP contribution in [0.4, 0.5) is 23.1 Å². The van der Waals surface area contributed by atoms with Gasteiger partial charge in [-0.3, -0.25) is 0 Å². The fourth-order valence-corrected chi connectivity index (χ4v) is 3.18. The van der Waals surface area contributed by atoms with E-state index in [1.807, 2.05) is 13.0 Å². The quantitative estimate of drug-likeness (QED) is 0.779. The zero-order valence-electron chi connectivity index (χ0n) is 16.4. The summed E-state index contributed by atoms with van der Waals surface area (Å²) in [4.78, 5) is 11.5. The van der Waals surface area contributed by atoms with Gasteiger partial charge in [0.25, 0.3) is 0 Å². The molecule has 0 spiro atoms. The number of benzene rings is 1. The third kappa shape index (κ3) is 5.10. The molecule has 0 amide bonds. The monoisotopic (exact) mass is 353 g/mol. The van der Waals surface area contributed by atoms with Gasteiger partial charge >= 0.3 is 0 Å². The zero-order chi connectivity index (χ0) is 18.5. The second-order valence-electron chi connectivity index (χ2n) is 7.83. The molecule has 140 valence electrons. The van der Waals surface area contributed by atoms with Crippen molar-refractivity contribution < 1.29 is 0 Å². The minimum atomic E-state index is 0.556. The molecule has 2 aromatic rings. The first kappa shape index (κ1) is 18.5. The van der Waals surface area contributed by atoms with Gasteiger partial charge < -0.3 is 15.5 Å². The molecule has 2 N–H and O–H groups in total. The maximum Gasteiger partial charge on any atom is 0.224 e. The molecule has 0 atom stereocenters. The van der Waals surface area contributed by atoms with Gasteiger partial charge in [0.1, 0.15) is 5.82 Å². The van der Waals surface area contributed by atoms with Crippen molar-refractivity contribution in [1.82, 2.24) is 9.97 Å². The van der Waals surface area contributed by atoms with Crippen LogP contribution in [0.5, 0.6) is 0 Å². The Kier molecular flexibility index (Phi) is 5.96. The molecule has 0 radical (unpaired) electrons. The molecule has 1 aromatic carbocycles. The summed E-state index contributed by atoms with van der Waals surface area (Å²) in [5.74, 6) is 2.91. The van der Waals surface area contributed by atoms with Crippen LogP contribution in [0.2, 0.25) is 0 Å². The second-order valence-corrected chi connectivity index (χ2v) is 7.83. The molecule has 5 nitrogen and oxygen atoms in total. The van der Waals surface area contributed by atoms with Crippen molar-refractivity contribution in [3.05, 3.63) is 36.0 Å². The Morgan fingerprint density at radius 1 is 1.12 bits per heavy atom. The minimum Gasteiger partial charge on any atom is -0.372 e. The molecule has 3 rings (SSSR count). The predicted octanol–water partition coefficient (Wildman–Crippen LogP) is 4.83. The van der Waals surface area contributed by atoms with Crippen molar-refractivity contribution in [2.45, 2.75) is 40.5 Å². The van der Waals surface area contributed by atoms with E-state index < -0.39 is 0 Å². The van der Waals surface area contributed by atoms with Crippen molar-refractivity contribution >= 4 is 23.1 Å². The molecule has 1 aromatic heterocycles. The maximum atomic E-state index is 4.58. The average Bonchev–Trinajstić information content (AvgIpc) is 2.61. The molecule has 1 saturated heterocycles. The summed E-state index contributed by atoms with van der Waals surface area (Å²) in [5, 5.41) is 6.70. The van der Waals surface area contributed by atoms with Crippen LogP contribution in [0.1, 0.15) is 39.3 Å². The van der Waals surface area contributed by atoms with Crippen LogP contribution >= 0.6 is 0 Å². The summed E-state index contributed by atoms with van der Waals surface area (Å²) >= 11 is 0. The predicted molar refractivity (Wildman–Crippen MR) is 110 cm³/mol. The first-order chi connectivity index (χ1) is 12.5. The van der Waals surface area contributed by atoms with Crippen LogP contribution in [0.25, 0.3) is 0 Å². The molecule has 1 aliphatic rings. The van der Waals surface area contributed by atoms with Gasteiger partial charge in [-0.05, 0) is 55.9 Å². The number of hydrogen-bond donors (Lipinski definition) is 2. The first-order valence-electron chi connectivity index (χ1n) is 9.71. The molecular weight excluding hydrogens is 322 g/mol. The van der Waals surface area contributed by atoms with Crippen molar-refractivity contribution in [3.8, 4) is 0 Å². The third-order valence-electron chi connectivity index (χ3n) is 4.81. The van der Waals surface area contributed by atoms with Gasteiger partial charge in [-0.15, -0.1) is 0 Å². The Morgan fingerprint density at radius 2 is 1.81 bits per heavy atom. The van der Waals surface area contributed by atoms with Gasteiger partial charge in [-0.2, -0.15) is 4.98 Å². The number of nitrogens with one attached hydrogen (secondary N) is 2. The van der Waals surface area contributed by atoms with Gasteiger partial charge in [0.2, 0.25) is 5.95 Å². The molecule has 26 heavy (non-hydrogen) atoms. The molecule has 0 aliphatic carbocycles. The smallest absolute Gasteiger partial charge is 0.224 e. The highest BCUT2D eigenvalue weighted by atomic mass is 15.1. The average molecular weight is 354 g/mol. The number of aromatic nitrogens is 2. The Bertz CT molecular complexity index is 703. The van der Waals surface area contributed by atoms with E-state index in [9.17, 15) is 0 Å². The Labute approximate surface area is 157 Å². The number of rotatable bonds is 6. The van der Waals surface area contributed by atoms with E-state index in [-0.39, 0.29) is 0 Å². The molecular formula is C21H31N5. The fraction of sp³-hybridized carbons (Fsp3) is 0.524. The summed E-state index contributed by atoms with van der Waals surface area (Å²) in [7, 11) is 0. The van der Waals surface area contributed by atoms with Crippen LogP contribution in [0.3, 0.4) is 0 Å². The number of hydrogen-bond acceptors (Lipinski definition) is 5. The van der Waals surface area contributed by atoms with E-state index in [0.29, 0.717) is 11.9 Å². The summed E-state index contributed by atoms with van der Waals surface area (Å²) in [6.45, 7) is 11.9. The molecule has 2 heterocycles. The van der Waals surface area contributed by atoms with Gasteiger partial charge in [-0.1, -0.05) is 20.8 Å². The van der Waals surface area contributed by atoms with Crippen LogP contribution in [-0.4, -0.2) is 29.6 Å². The van der Waals surface area contributed by atoms with E-state index >= 15 is 0 Å². The molecule has 0 unspecified atom stereocenters. The lowest BCUT2D eigenvalue weighted by Crippen LogP contribution is -2.32. The van der Waals surface area contributed by atoms with E-state index in [4.69, 9.17) is 0 Å². The molecule has 1 fully saturated rings. The summed E-state index contributed by atoms with van der Waals surface area (Å²) < 4.78 is 0. The van der Waals surface area contributed by atoms with Crippen molar-refractivity contribution in [2.24, 2.45) is 11.8 Å². The Morgan fingerprint density at radius 3 is 2.46 bits per heavy atom. The first-order valence-corrected chi connectivity index (χ1v) is 9.71. The summed E-state index contributed by atoms with van der Waals surface area (Å²) in [6, 6.07) is 10.6. The van der Waals surface area contributed by atoms with E-state index in [1.165, 1.54) is 18.5 Å². The van der Waals surface area contributed by atoms with Crippen molar-refractivity contribution in [1.29, 1.82) is 0 Å². The van der Waals surface area contributed by atoms with Gasteiger partial charge in [0.15, 0.2) is 0 Å². The van der Waals surface area contributed by atoms with Crippen LogP contribution in [-0.2, 0) is 0 Å². The number of aryl methyl sites for hydroxylation is 1. The highest BCUT2D eigenvalue weighted by molar-refractivity contribution is 5.61. The molecule has 0 bridgehead atoms. The van der Waals surface area contributed by atoms with Crippen molar-refractivity contribution in [2.75, 3.05) is 35.2 Å².